The number of morpholine rings is 1. The van der Waals surface area contributed by atoms with E-state index < -0.39 is 0 Å². The molecule has 5 heteroatoms. The topological polar surface area (TPSA) is 36.0 Å². The zero-order valence-corrected chi connectivity index (χ0v) is 13.7. The molecule has 0 saturated carbocycles. The molecule has 5 nitrogen and oxygen atoms in total. The van der Waals surface area contributed by atoms with Crippen LogP contribution in [0.4, 0.5) is 0 Å². The predicted molar refractivity (Wildman–Crippen MR) is 84.4 cm³/mol. The number of hydrogen-bond acceptors (Lipinski definition) is 4. The Bertz CT molecular complexity index is 307. The number of nitrogens with zero attached hydrogens (tertiary/aromatic N) is 3. The van der Waals surface area contributed by atoms with E-state index in [0.717, 1.165) is 78.4 Å². The second-order valence-electron chi connectivity index (χ2n) is 6.13. The SMILES string of the molecule is CCC(CC)C(=O)N1CCN(CCN2CCOCC2)CC1. The average Bonchev–Trinajstić information content (AvgIpc) is 2.55. The lowest BCUT2D eigenvalue weighted by molar-refractivity contribution is -0.137. The van der Waals surface area contributed by atoms with E-state index in [1.165, 1.54) is 0 Å². The quantitative estimate of drug-likeness (QED) is 0.730. The molecule has 21 heavy (non-hydrogen) atoms. The Morgan fingerprint density at radius 1 is 0.905 bits per heavy atom. The van der Waals surface area contributed by atoms with Gasteiger partial charge in [-0.15, -0.1) is 0 Å². The first-order chi connectivity index (χ1) is 10.2. The summed E-state index contributed by atoms with van der Waals surface area (Å²) in [5.74, 6) is 0.595. The fourth-order valence-electron chi connectivity index (χ4n) is 3.20. The molecule has 2 heterocycles. The molecular weight excluding hydrogens is 266 g/mol. The molecular formula is C16H31N3O2. The summed E-state index contributed by atoms with van der Waals surface area (Å²) in [6, 6.07) is 0. The smallest absolute Gasteiger partial charge is 0.225 e. The van der Waals surface area contributed by atoms with Crippen LogP contribution in [0.1, 0.15) is 26.7 Å². The zero-order chi connectivity index (χ0) is 15.1. The maximum absolute atomic E-state index is 12.4. The Balaban J connectivity index is 1.66. The minimum Gasteiger partial charge on any atom is -0.379 e. The van der Waals surface area contributed by atoms with Crippen LogP contribution >= 0.6 is 0 Å². The molecule has 0 atom stereocenters. The Morgan fingerprint density at radius 3 is 1.95 bits per heavy atom. The largest absolute Gasteiger partial charge is 0.379 e. The highest BCUT2D eigenvalue weighted by molar-refractivity contribution is 5.78. The van der Waals surface area contributed by atoms with E-state index in [1.807, 2.05) is 0 Å². The van der Waals surface area contributed by atoms with Gasteiger partial charge in [0.15, 0.2) is 0 Å². The van der Waals surface area contributed by atoms with Crippen molar-refractivity contribution in [3.05, 3.63) is 0 Å². The van der Waals surface area contributed by atoms with Gasteiger partial charge in [-0.1, -0.05) is 13.8 Å². The summed E-state index contributed by atoms with van der Waals surface area (Å²) in [5, 5.41) is 0. The van der Waals surface area contributed by atoms with Crippen LogP contribution in [-0.4, -0.2) is 86.2 Å². The summed E-state index contributed by atoms with van der Waals surface area (Å²) >= 11 is 0. The highest BCUT2D eigenvalue weighted by Crippen LogP contribution is 2.14. The summed E-state index contributed by atoms with van der Waals surface area (Å²) in [6.45, 7) is 14.2. The molecule has 0 unspecified atom stereocenters. The van der Waals surface area contributed by atoms with Gasteiger partial charge in [0.25, 0.3) is 0 Å². The van der Waals surface area contributed by atoms with Gasteiger partial charge in [0.1, 0.15) is 0 Å². The van der Waals surface area contributed by atoms with E-state index in [4.69, 9.17) is 4.74 Å². The molecule has 0 radical (unpaired) electrons. The molecule has 1 amide bonds. The molecule has 0 aromatic rings. The Hall–Kier alpha value is -0.650. The highest BCUT2D eigenvalue weighted by atomic mass is 16.5. The van der Waals surface area contributed by atoms with Crippen molar-refractivity contribution in [2.24, 2.45) is 5.92 Å². The van der Waals surface area contributed by atoms with Gasteiger partial charge in [-0.2, -0.15) is 0 Å². The van der Waals surface area contributed by atoms with Crippen LogP contribution in [0.5, 0.6) is 0 Å². The van der Waals surface area contributed by atoms with E-state index in [2.05, 4.69) is 28.5 Å². The van der Waals surface area contributed by atoms with E-state index in [0.29, 0.717) is 5.91 Å². The van der Waals surface area contributed by atoms with Gasteiger partial charge in [-0.05, 0) is 12.8 Å². The molecule has 0 N–H and O–H groups in total. The summed E-state index contributed by atoms with van der Waals surface area (Å²) < 4.78 is 5.38. The summed E-state index contributed by atoms with van der Waals surface area (Å²) in [4.78, 5) is 19.4. The second kappa shape index (κ2) is 8.71. The monoisotopic (exact) mass is 297 g/mol. The zero-order valence-electron chi connectivity index (χ0n) is 13.7. The van der Waals surface area contributed by atoms with E-state index >= 15 is 0 Å². The first kappa shape index (κ1) is 16.7. The molecule has 2 saturated heterocycles. The van der Waals surface area contributed by atoms with Crippen LogP contribution in [0.3, 0.4) is 0 Å². The highest BCUT2D eigenvalue weighted by Gasteiger charge is 2.25. The molecule has 0 aromatic heterocycles. The lowest BCUT2D eigenvalue weighted by Gasteiger charge is -2.37. The van der Waals surface area contributed by atoms with Crippen molar-refractivity contribution in [1.29, 1.82) is 0 Å². The molecule has 2 rings (SSSR count). The van der Waals surface area contributed by atoms with E-state index in [-0.39, 0.29) is 5.92 Å². The Morgan fingerprint density at radius 2 is 1.43 bits per heavy atom. The number of carbonyl (C=O) groups is 1. The van der Waals surface area contributed by atoms with Crippen LogP contribution in [0, 0.1) is 5.92 Å². The van der Waals surface area contributed by atoms with Crippen LogP contribution in [-0.2, 0) is 9.53 Å². The van der Waals surface area contributed by atoms with Gasteiger partial charge < -0.3 is 9.64 Å². The first-order valence-corrected chi connectivity index (χ1v) is 8.55. The van der Waals surface area contributed by atoms with Crippen molar-refractivity contribution in [3.8, 4) is 0 Å². The van der Waals surface area contributed by atoms with Crippen LogP contribution < -0.4 is 0 Å². The van der Waals surface area contributed by atoms with Crippen molar-refractivity contribution < 1.29 is 9.53 Å². The summed E-state index contributed by atoms with van der Waals surface area (Å²) in [7, 11) is 0. The standard InChI is InChI=1S/C16H31N3O2/c1-3-15(4-2)16(20)19-9-7-17(8-10-19)5-6-18-11-13-21-14-12-18/h15H,3-14H2,1-2H3. The van der Waals surface area contributed by atoms with Gasteiger partial charge in [0.2, 0.25) is 5.91 Å². The maximum atomic E-state index is 12.4. The molecule has 2 aliphatic heterocycles. The first-order valence-electron chi connectivity index (χ1n) is 8.55. The summed E-state index contributed by atoms with van der Waals surface area (Å²) in [6.07, 6.45) is 1.93. The number of ether oxygens (including phenoxy) is 1. The van der Waals surface area contributed by atoms with Crippen molar-refractivity contribution in [2.75, 3.05) is 65.6 Å². The number of piperazine rings is 1. The van der Waals surface area contributed by atoms with E-state index in [9.17, 15) is 4.79 Å². The lowest BCUT2D eigenvalue weighted by Crippen LogP contribution is -2.52. The number of carbonyl (C=O) groups excluding carboxylic acids is 1. The Kier molecular flexibility index (Phi) is 6.93. The van der Waals surface area contributed by atoms with Crippen LogP contribution in [0.25, 0.3) is 0 Å². The van der Waals surface area contributed by atoms with Gasteiger partial charge in [0.05, 0.1) is 13.2 Å². The minimum absolute atomic E-state index is 0.227. The van der Waals surface area contributed by atoms with Gasteiger partial charge in [-0.25, -0.2) is 0 Å². The number of hydrogen-bond donors (Lipinski definition) is 0. The lowest BCUT2D eigenvalue weighted by atomic mass is 10.0. The molecule has 0 spiro atoms. The van der Waals surface area contributed by atoms with Crippen molar-refractivity contribution >= 4 is 5.91 Å². The fourth-order valence-corrected chi connectivity index (χ4v) is 3.20. The minimum atomic E-state index is 0.227. The predicted octanol–water partition coefficient (Wildman–Crippen LogP) is 0.899. The molecule has 2 fully saturated rings. The van der Waals surface area contributed by atoms with Gasteiger partial charge in [-0.3, -0.25) is 14.6 Å². The van der Waals surface area contributed by atoms with Crippen molar-refractivity contribution in [2.45, 2.75) is 26.7 Å². The average molecular weight is 297 g/mol. The third-order valence-corrected chi connectivity index (χ3v) is 4.85. The molecule has 2 aliphatic rings. The molecule has 0 aliphatic carbocycles. The second-order valence-corrected chi connectivity index (χ2v) is 6.13. The number of rotatable bonds is 6. The van der Waals surface area contributed by atoms with Crippen molar-refractivity contribution in [1.82, 2.24) is 14.7 Å². The number of amides is 1. The summed E-state index contributed by atoms with van der Waals surface area (Å²) in [5.41, 5.74) is 0. The maximum Gasteiger partial charge on any atom is 0.225 e. The van der Waals surface area contributed by atoms with Crippen LogP contribution in [0.2, 0.25) is 0 Å². The van der Waals surface area contributed by atoms with Crippen LogP contribution in [0.15, 0.2) is 0 Å². The van der Waals surface area contributed by atoms with Gasteiger partial charge in [0, 0.05) is 58.3 Å². The van der Waals surface area contributed by atoms with Crippen molar-refractivity contribution in [3.63, 3.8) is 0 Å². The van der Waals surface area contributed by atoms with Gasteiger partial charge >= 0.3 is 0 Å². The third kappa shape index (κ3) is 4.94. The Labute approximate surface area is 129 Å². The fraction of sp³-hybridized carbons (Fsp3) is 0.938. The third-order valence-electron chi connectivity index (χ3n) is 4.85. The normalized spacial score (nSPS) is 22.0. The molecule has 122 valence electrons. The molecule has 0 aromatic carbocycles. The molecule has 0 bridgehead atoms. The van der Waals surface area contributed by atoms with E-state index in [1.54, 1.807) is 0 Å².